The molecule has 26 heavy (non-hydrogen) atoms. The summed E-state index contributed by atoms with van der Waals surface area (Å²) in [6, 6.07) is 5.03. The molecule has 0 radical (unpaired) electrons. The standard InChI is InChI=1S/C18H21ClN6O/c1-24-7-11(6-20-24)18-14-4-17(15(19)5-16(14)22-23-18)21-12-2-3-25(8-12)13-9-26-10-13/h4-7,12-13,21H,2-3,8-10H2,1H3,(H,22,23)/t12-/m1/s1. The highest BCUT2D eigenvalue weighted by Crippen LogP contribution is 2.34. The summed E-state index contributed by atoms with van der Waals surface area (Å²) in [5, 5.41) is 17.2. The van der Waals surface area contributed by atoms with Crippen LogP contribution in [0.3, 0.4) is 0 Å². The number of rotatable bonds is 4. The molecule has 0 unspecified atom stereocenters. The highest BCUT2D eigenvalue weighted by Gasteiger charge is 2.32. The molecule has 2 fully saturated rings. The molecule has 136 valence electrons. The number of nitrogens with zero attached hydrogens (tertiary/aromatic N) is 4. The summed E-state index contributed by atoms with van der Waals surface area (Å²) < 4.78 is 7.10. The van der Waals surface area contributed by atoms with E-state index in [1.54, 1.807) is 4.68 Å². The molecule has 1 aromatic carbocycles. The Kier molecular flexibility index (Phi) is 3.88. The minimum absolute atomic E-state index is 0.402. The van der Waals surface area contributed by atoms with Crippen LogP contribution in [0.25, 0.3) is 22.2 Å². The number of aromatic amines is 1. The maximum atomic E-state index is 6.52. The SMILES string of the molecule is Cn1cc(-c2n[nH]c3cc(Cl)c(N[C@@H]4CCN(C5COC5)C4)cc23)cn1. The highest BCUT2D eigenvalue weighted by molar-refractivity contribution is 6.34. The zero-order chi connectivity index (χ0) is 17.7. The van der Waals surface area contributed by atoms with Crippen LogP contribution in [-0.2, 0) is 11.8 Å². The molecule has 8 heteroatoms. The monoisotopic (exact) mass is 372 g/mol. The number of nitrogens with one attached hydrogen (secondary N) is 2. The Balaban J connectivity index is 1.41. The van der Waals surface area contributed by atoms with Gasteiger partial charge in [-0.25, -0.2) is 0 Å². The van der Waals surface area contributed by atoms with Crippen LogP contribution in [-0.4, -0.2) is 63.3 Å². The Labute approximate surface area is 156 Å². The molecule has 0 saturated carbocycles. The van der Waals surface area contributed by atoms with Gasteiger partial charge in [-0.2, -0.15) is 10.2 Å². The van der Waals surface area contributed by atoms with Crippen LogP contribution in [0.4, 0.5) is 5.69 Å². The van der Waals surface area contributed by atoms with Gasteiger partial charge in [0.2, 0.25) is 0 Å². The molecule has 0 amide bonds. The summed E-state index contributed by atoms with van der Waals surface area (Å²) in [4.78, 5) is 2.51. The molecule has 1 atom stereocenters. The molecule has 0 bridgehead atoms. The molecule has 3 aromatic rings. The molecular weight excluding hydrogens is 352 g/mol. The van der Waals surface area contributed by atoms with Gasteiger partial charge in [-0.3, -0.25) is 14.7 Å². The number of likely N-dealkylation sites (tertiary alicyclic amines) is 1. The number of aromatic nitrogens is 4. The average Bonchev–Trinajstić information content (AvgIpc) is 3.27. The number of fused-ring (bicyclic) bond motifs is 1. The fraction of sp³-hybridized carbons (Fsp3) is 0.444. The predicted molar refractivity (Wildman–Crippen MR) is 102 cm³/mol. The van der Waals surface area contributed by atoms with Gasteiger partial charge in [-0.15, -0.1) is 0 Å². The van der Waals surface area contributed by atoms with Gasteiger partial charge >= 0.3 is 0 Å². The minimum Gasteiger partial charge on any atom is -0.380 e. The first-order valence-corrected chi connectivity index (χ1v) is 9.30. The second-order valence-corrected chi connectivity index (χ2v) is 7.58. The van der Waals surface area contributed by atoms with Crippen molar-refractivity contribution in [3.8, 4) is 11.3 Å². The van der Waals surface area contributed by atoms with E-state index in [4.69, 9.17) is 16.3 Å². The first-order chi connectivity index (χ1) is 12.7. The molecule has 4 heterocycles. The van der Waals surface area contributed by atoms with E-state index in [0.29, 0.717) is 17.1 Å². The van der Waals surface area contributed by atoms with Gasteiger partial charge in [0.25, 0.3) is 0 Å². The van der Waals surface area contributed by atoms with E-state index in [9.17, 15) is 0 Å². The number of ether oxygens (including phenoxy) is 1. The van der Waals surface area contributed by atoms with Crippen molar-refractivity contribution in [3.05, 3.63) is 29.5 Å². The van der Waals surface area contributed by atoms with E-state index >= 15 is 0 Å². The third-order valence-electron chi connectivity index (χ3n) is 5.34. The topological polar surface area (TPSA) is 71.0 Å². The van der Waals surface area contributed by atoms with Gasteiger partial charge in [-0.1, -0.05) is 11.6 Å². The van der Waals surface area contributed by atoms with Gasteiger partial charge < -0.3 is 10.1 Å². The third kappa shape index (κ3) is 2.76. The lowest BCUT2D eigenvalue weighted by Crippen LogP contribution is -2.48. The van der Waals surface area contributed by atoms with Crippen molar-refractivity contribution in [2.45, 2.75) is 18.5 Å². The van der Waals surface area contributed by atoms with Crippen LogP contribution in [0.15, 0.2) is 24.5 Å². The van der Waals surface area contributed by atoms with E-state index in [-0.39, 0.29) is 0 Å². The zero-order valence-electron chi connectivity index (χ0n) is 14.6. The third-order valence-corrected chi connectivity index (χ3v) is 5.66. The van der Waals surface area contributed by atoms with Crippen LogP contribution >= 0.6 is 11.6 Å². The average molecular weight is 373 g/mol. The molecule has 2 aromatic heterocycles. The van der Waals surface area contributed by atoms with E-state index in [1.165, 1.54) is 0 Å². The number of hydrogen-bond acceptors (Lipinski definition) is 5. The summed E-state index contributed by atoms with van der Waals surface area (Å²) >= 11 is 6.52. The summed E-state index contributed by atoms with van der Waals surface area (Å²) in [6.45, 7) is 3.87. The summed E-state index contributed by atoms with van der Waals surface area (Å²) in [5.74, 6) is 0. The Morgan fingerprint density at radius 2 is 2.23 bits per heavy atom. The minimum atomic E-state index is 0.402. The number of hydrogen-bond donors (Lipinski definition) is 2. The number of benzene rings is 1. The summed E-state index contributed by atoms with van der Waals surface area (Å²) in [6.07, 6.45) is 4.91. The van der Waals surface area contributed by atoms with E-state index in [1.807, 2.05) is 25.5 Å². The Bertz CT molecular complexity index is 946. The van der Waals surface area contributed by atoms with Crippen molar-refractivity contribution >= 4 is 28.2 Å². The van der Waals surface area contributed by atoms with Crippen molar-refractivity contribution in [2.75, 3.05) is 31.6 Å². The van der Waals surface area contributed by atoms with Crippen molar-refractivity contribution < 1.29 is 4.74 Å². The molecule has 0 spiro atoms. The lowest BCUT2D eigenvalue weighted by molar-refractivity contribution is -0.0571. The van der Waals surface area contributed by atoms with Crippen LogP contribution in [0.5, 0.6) is 0 Å². The number of anilines is 1. The van der Waals surface area contributed by atoms with Crippen molar-refractivity contribution in [3.63, 3.8) is 0 Å². The van der Waals surface area contributed by atoms with Crippen LogP contribution in [0.2, 0.25) is 5.02 Å². The van der Waals surface area contributed by atoms with E-state index in [2.05, 4.69) is 31.6 Å². The molecule has 7 nitrogen and oxygen atoms in total. The maximum absolute atomic E-state index is 6.52. The summed E-state index contributed by atoms with van der Waals surface area (Å²) in [5.41, 5.74) is 3.78. The second kappa shape index (κ2) is 6.26. The smallest absolute Gasteiger partial charge is 0.103 e. The van der Waals surface area contributed by atoms with Crippen molar-refractivity contribution in [2.24, 2.45) is 7.05 Å². The van der Waals surface area contributed by atoms with E-state index < -0.39 is 0 Å². The molecule has 2 saturated heterocycles. The molecule has 2 aliphatic heterocycles. The quantitative estimate of drug-likeness (QED) is 0.736. The molecule has 2 aliphatic rings. The fourth-order valence-electron chi connectivity index (χ4n) is 3.80. The summed E-state index contributed by atoms with van der Waals surface area (Å²) in [7, 11) is 1.90. The van der Waals surface area contributed by atoms with Gasteiger partial charge in [0.05, 0.1) is 41.7 Å². The Morgan fingerprint density at radius 1 is 1.35 bits per heavy atom. The van der Waals surface area contributed by atoms with Crippen LogP contribution in [0.1, 0.15) is 6.42 Å². The van der Waals surface area contributed by atoms with Gasteiger partial charge in [0.15, 0.2) is 0 Å². The largest absolute Gasteiger partial charge is 0.380 e. The molecule has 2 N–H and O–H groups in total. The van der Waals surface area contributed by atoms with Crippen molar-refractivity contribution in [1.29, 1.82) is 0 Å². The lowest BCUT2D eigenvalue weighted by Gasteiger charge is -2.34. The maximum Gasteiger partial charge on any atom is 0.103 e. The number of halogens is 1. The Hall–Kier alpha value is -2.09. The first-order valence-electron chi connectivity index (χ1n) is 8.92. The Morgan fingerprint density at radius 3 is 2.96 bits per heavy atom. The lowest BCUT2D eigenvalue weighted by atomic mass is 10.1. The van der Waals surface area contributed by atoms with Gasteiger partial charge in [0.1, 0.15) is 5.69 Å². The zero-order valence-corrected chi connectivity index (χ0v) is 15.3. The normalized spacial score (nSPS) is 21.4. The fourth-order valence-corrected chi connectivity index (χ4v) is 4.02. The predicted octanol–water partition coefficient (Wildman–Crippen LogP) is 2.50. The van der Waals surface area contributed by atoms with Gasteiger partial charge in [0, 0.05) is 43.3 Å². The molecule has 5 rings (SSSR count). The van der Waals surface area contributed by atoms with Crippen LogP contribution < -0.4 is 5.32 Å². The first kappa shape index (κ1) is 16.1. The van der Waals surface area contributed by atoms with Crippen molar-refractivity contribution in [1.82, 2.24) is 24.9 Å². The second-order valence-electron chi connectivity index (χ2n) is 7.17. The van der Waals surface area contributed by atoms with Crippen LogP contribution in [0, 0.1) is 0 Å². The van der Waals surface area contributed by atoms with Gasteiger partial charge in [-0.05, 0) is 18.6 Å². The number of aryl methyl sites for hydroxylation is 1. The molecular formula is C18H21ClN6O. The van der Waals surface area contributed by atoms with E-state index in [0.717, 1.165) is 60.6 Å². The molecule has 0 aliphatic carbocycles. The highest BCUT2D eigenvalue weighted by atomic mass is 35.5. The number of H-pyrrole nitrogens is 1.